The second-order valence-electron chi connectivity index (χ2n) is 6.42. The zero-order valence-corrected chi connectivity index (χ0v) is 16.0. The highest BCUT2D eigenvalue weighted by molar-refractivity contribution is 5.79. The largest absolute Gasteiger partial charge is 0.467 e. The second kappa shape index (κ2) is 10.1. The van der Waals surface area contributed by atoms with Gasteiger partial charge in [0.15, 0.2) is 11.8 Å². The summed E-state index contributed by atoms with van der Waals surface area (Å²) in [5.74, 6) is 3.41. The van der Waals surface area contributed by atoms with Gasteiger partial charge in [-0.25, -0.2) is 9.67 Å². The fourth-order valence-corrected chi connectivity index (χ4v) is 3.01. The van der Waals surface area contributed by atoms with Crippen molar-refractivity contribution >= 4 is 5.96 Å². The molecule has 3 rings (SSSR count). The highest BCUT2D eigenvalue weighted by Gasteiger charge is 2.22. The van der Waals surface area contributed by atoms with Gasteiger partial charge in [0, 0.05) is 39.8 Å². The molecule has 2 N–H and O–H groups in total. The van der Waals surface area contributed by atoms with Crippen LogP contribution in [0.15, 0.2) is 27.8 Å². The average Bonchev–Trinajstić information content (AvgIpc) is 3.32. The Morgan fingerprint density at radius 1 is 1.44 bits per heavy atom. The first-order valence-electron chi connectivity index (χ1n) is 9.27. The van der Waals surface area contributed by atoms with E-state index >= 15 is 0 Å². The maximum Gasteiger partial charge on any atom is 0.191 e. The maximum absolute atomic E-state index is 5.58. The van der Waals surface area contributed by atoms with Crippen molar-refractivity contribution in [1.29, 1.82) is 0 Å². The molecule has 2 aromatic heterocycles. The van der Waals surface area contributed by atoms with Crippen LogP contribution in [0.1, 0.15) is 30.3 Å². The van der Waals surface area contributed by atoms with Crippen molar-refractivity contribution in [3.05, 3.63) is 35.8 Å². The molecule has 0 spiro atoms. The molecule has 0 fully saturated rings. The van der Waals surface area contributed by atoms with Crippen LogP contribution in [0.2, 0.25) is 0 Å². The number of aryl methyl sites for hydroxylation is 1. The number of furan rings is 1. The third-order valence-corrected chi connectivity index (χ3v) is 4.32. The quantitative estimate of drug-likeness (QED) is 0.384. The average molecular weight is 376 g/mol. The van der Waals surface area contributed by atoms with E-state index in [2.05, 4.69) is 25.7 Å². The third kappa shape index (κ3) is 5.80. The van der Waals surface area contributed by atoms with Gasteiger partial charge in [0.05, 0.1) is 12.8 Å². The Balaban J connectivity index is 1.35. The number of rotatable bonds is 9. The molecule has 0 bridgehead atoms. The number of aliphatic imine (C=N–C) groups is 1. The summed E-state index contributed by atoms with van der Waals surface area (Å²) >= 11 is 0. The molecular formula is C18H28N6O3. The lowest BCUT2D eigenvalue weighted by molar-refractivity contribution is 0.105. The molecule has 0 amide bonds. The number of fused-ring (bicyclic) bond motifs is 1. The molecule has 0 aliphatic carbocycles. The lowest BCUT2D eigenvalue weighted by atomic mass is 10.1. The predicted octanol–water partition coefficient (Wildman–Crippen LogP) is 1.10. The summed E-state index contributed by atoms with van der Waals surface area (Å²) in [5.41, 5.74) is 0. The molecule has 0 saturated carbocycles. The summed E-state index contributed by atoms with van der Waals surface area (Å²) in [6.07, 6.45) is 4.44. The second-order valence-corrected chi connectivity index (χ2v) is 6.42. The van der Waals surface area contributed by atoms with E-state index in [9.17, 15) is 0 Å². The Morgan fingerprint density at radius 3 is 3.15 bits per heavy atom. The van der Waals surface area contributed by atoms with E-state index in [1.165, 1.54) is 0 Å². The van der Waals surface area contributed by atoms with Crippen molar-refractivity contribution in [2.75, 3.05) is 27.3 Å². The van der Waals surface area contributed by atoms with E-state index in [4.69, 9.17) is 13.9 Å². The highest BCUT2D eigenvalue weighted by Crippen LogP contribution is 2.13. The molecule has 2 aromatic rings. The molecule has 9 nitrogen and oxygen atoms in total. The lowest BCUT2D eigenvalue weighted by Gasteiger charge is -2.25. The molecule has 0 saturated heterocycles. The van der Waals surface area contributed by atoms with Crippen molar-refractivity contribution in [1.82, 2.24) is 25.4 Å². The number of ether oxygens (including phenoxy) is 2. The van der Waals surface area contributed by atoms with Gasteiger partial charge in [-0.1, -0.05) is 0 Å². The van der Waals surface area contributed by atoms with Crippen molar-refractivity contribution in [2.24, 2.45) is 4.99 Å². The van der Waals surface area contributed by atoms with E-state index < -0.39 is 0 Å². The van der Waals surface area contributed by atoms with E-state index in [1.807, 2.05) is 16.8 Å². The molecule has 0 radical (unpaired) electrons. The number of methoxy groups -OCH3 is 1. The zero-order chi connectivity index (χ0) is 18.9. The summed E-state index contributed by atoms with van der Waals surface area (Å²) in [6.45, 7) is 3.19. The lowest BCUT2D eigenvalue weighted by Crippen LogP contribution is -2.47. The van der Waals surface area contributed by atoms with Crippen LogP contribution in [0.4, 0.5) is 0 Å². The monoisotopic (exact) mass is 376 g/mol. The van der Waals surface area contributed by atoms with Crippen LogP contribution >= 0.6 is 0 Å². The summed E-state index contributed by atoms with van der Waals surface area (Å²) in [7, 11) is 3.44. The number of hydrogen-bond donors (Lipinski definition) is 2. The normalized spacial score (nSPS) is 17.0. The van der Waals surface area contributed by atoms with Gasteiger partial charge in [-0.05, 0) is 25.0 Å². The van der Waals surface area contributed by atoms with Gasteiger partial charge in [0.25, 0.3) is 0 Å². The summed E-state index contributed by atoms with van der Waals surface area (Å²) in [5, 5.41) is 11.3. The molecule has 1 unspecified atom stereocenters. The van der Waals surface area contributed by atoms with Crippen molar-refractivity contribution in [3.63, 3.8) is 0 Å². The molecule has 9 heteroatoms. The van der Waals surface area contributed by atoms with Gasteiger partial charge in [-0.15, -0.1) is 0 Å². The summed E-state index contributed by atoms with van der Waals surface area (Å²) in [4.78, 5) is 8.81. The Kier molecular flexibility index (Phi) is 7.23. The number of hydrogen-bond acceptors (Lipinski definition) is 6. The number of aromatic nitrogens is 3. The van der Waals surface area contributed by atoms with E-state index in [-0.39, 0.29) is 6.04 Å². The Bertz CT molecular complexity index is 713. The smallest absolute Gasteiger partial charge is 0.191 e. The van der Waals surface area contributed by atoms with Gasteiger partial charge >= 0.3 is 0 Å². The molecule has 27 heavy (non-hydrogen) atoms. The van der Waals surface area contributed by atoms with Gasteiger partial charge in [-0.3, -0.25) is 4.99 Å². The van der Waals surface area contributed by atoms with Crippen molar-refractivity contribution in [2.45, 2.75) is 45.1 Å². The standard InChI is InChI=1S/C18H28N6O3/c1-19-18(20-8-4-9-26-12-15-5-3-10-27-15)21-14-6-7-17-22-16(13-25-2)23-24(17)11-14/h3,5,10,14H,4,6-9,11-13H2,1-2H3,(H2,19,20,21). The van der Waals surface area contributed by atoms with Crippen LogP contribution in [-0.4, -0.2) is 54.1 Å². The third-order valence-electron chi connectivity index (χ3n) is 4.32. The molecule has 3 heterocycles. The predicted molar refractivity (Wildman–Crippen MR) is 100 cm³/mol. The minimum Gasteiger partial charge on any atom is -0.467 e. The number of nitrogens with one attached hydrogen (secondary N) is 2. The van der Waals surface area contributed by atoms with Crippen LogP contribution in [0.25, 0.3) is 0 Å². The maximum atomic E-state index is 5.58. The number of guanidine groups is 1. The van der Waals surface area contributed by atoms with Crippen LogP contribution in [0.3, 0.4) is 0 Å². The Labute approximate surface area is 159 Å². The van der Waals surface area contributed by atoms with Gasteiger partial charge in [-0.2, -0.15) is 5.10 Å². The fourth-order valence-electron chi connectivity index (χ4n) is 3.01. The molecule has 1 atom stereocenters. The molecule has 1 aliphatic heterocycles. The topological polar surface area (TPSA) is 98.7 Å². The summed E-state index contributed by atoms with van der Waals surface area (Å²) < 4.78 is 17.9. The zero-order valence-electron chi connectivity index (χ0n) is 16.0. The highest BCUT2D eigenvalue weighted by atomic mass is 16.5. The number of nitrogens with zero attached hydrogens (tertiary/aromatic N) is 4. The molecule has 148 valence electrons. The van der Waals surface area contributed by atoms with Crippen LogP contribution in [0, 0.1) is 0 Å². The van der Waals surface area contributed by atoms with Gasteiger partial charge < -0.3 is 24.5 Å². The van der Waals surface area contributed by atoms with E-state index in [0.717, 1.165) is 55.7 Å². The first-order valence-corrected chi connectivity index (χ1v) is 9.27. The van der Waals surface area contributed by atoms with Crippen molar-refractivity contribution < 1.29 is 13.9 Å². The molecular weight excluding hydrogens is 348 g/mol. The van der Waals surface area contributed by atoms with Gasteiger partial charge in [0.2, 0.25) is 0 Å². The van der Waals surface area contributed by atoms with Gasteiger partial charge in [0.1, 0.15) is 24.8 Å². The van der Waals surface area contributed by atoms with Crippen LogP contribution in [-0.2, 0) is 35.7 Å². The Morgan fingerprint density at radius 2 is 2.37 bits per heavy atom. The van der Waals surface area contributed by atoms with Crippen LogP contribution in [0.5, 0.6) is 0 Å². The Hall–Kier alpha value is -2.39. The van der Waals surface area contributed by atoms with Crippen LogP contribution < -0.4 is 10.6 Å². The van der Waals surface area contributed by atoms with E-state index in [1.54, 1.807) is 20.4 Å². The fraction of sp³-hybridized carbons (Fsp3) is 0.611. The summed E-state index contributed by atoms with van der Waals surface area (Å²) in [6, 6.07) is 4.05. The molecule has 1 aliphatic rings. The van der Waals surface area contributed by atoms with E-state index in [0.29, 0.717) is 19.8 Å². The minimum atomic E-state index is 0.274. The SMILES string of the molecule is CN=C(NCCCOCc1ccco1)NC1CCc2nc(COC)nn2C1. The first-order chi connectivity index (χ1) is 13.3. The first kappa shape index (κ1) is 19.4. The van der Waals surface area contributed by atoms with Crippen molar-refractivity contribution in [3.8, 4) is 0 Å². The minimum absolute atomic E-state index is 0.274. The molecule has 0 aromatic carbocycles.